The monoisotopic (exact) mass is 865 g/mol. The van der Waals surface area contributed by atoms with E-state index in [2.05, 4.69) is 235 Å². The first kappa shape index (κ1) is 37.3. The Kier molecular flexibility index (Phi) is 7.71. The molecule has 3 nitrogen and oxygen atoms in total. The molecule has 0 atom stereocenters. The maximum absolute atomic E-state index is 7.21. The van der Waals surface area contributed by atoms with Crippen molar-refractivity contribution in [3.63, 3.8) is 0 Å². The van der Waals surface area contributed by atoms with Gasteiger partial charge in [0.2, 0.25) is 0 Å². The van der Waals surface area contributed by atoms with Crippen LogP contribution in [-0.2, 0) is 5.41 Å². The fourth-order valence-electron chi connectivity index (χ4n) is 12.1. The zero-order valence-electron chi connectivity index (χ0n) is 36.8. The maximum Gasteiger partial charge on any atom is 0.144 e. The lowest BCUT2D eigenvalue weighted by atomic mass is 9.70. The molecule has 0 saturated heterocycles. The summed E-state index contributed by atoms with van der Waals surface area (Å²) in [6.07, 6.45) is 0. The van der Waals surface area contributed by atoms with E-state index >= 15 is 0 Å². The molecule has 0 aliphatic heterocycles. The number of rotatable bonds is 5. The molecule has 1 spiro atoms. The van der Waals surface area contributed by atoms with Crippen LogP contribution in [0.5, 0.6) is 0 Å². The van der Waals surface area contributed by atoms with Crippen molar-refractivity contribution in [2.75, 3.05) is 4.90 Å². The molecule has 11 aromatic carbocycles. The molecule has 2 aliphatic carbocycles. The number of hydrogen-bond donors (Lipinski definition) is 0. The van der Waals surface area contributed by atoms with Gasteiger partial charge in [0.25, 0.3) is 0 Å². The molecule has 0 radical (unpaired) electrons. The SMILES string of the molecule is c1ccc(-c2ccc(N(c3ccc4c(c3)C3(c5ccccc5-c5ccccc53)c3ccccc3-4)c3cccc4oc5c(-c6cccc7c6oc6ccccc67)c6ccccc6cc5c34)cc2)cc1. The van der Waals surface area contributed by atoms with Crippen molar-refractivity contribution in [2.24, 2.45) is 0 Å². The molecule has 15 rings (SSSR count). The maximum atomic E-state index is 7.21. The number of hydrogen-bond acceptors (Lipinski definition) is 3. The van der Waals surface area contributed by atoms with E-state index in [1.807, 2.05) is 6.07 Å². The molecular formula is C65H39NO2. The first-order valence-corrected chi connectivity index (χ1v) is 23.4. The number of furan rings is 2. The highest BCUT2D eigenvalue weighted by molar-refractivity contribution is 6.24. The van der Waals surface area contributed by atoms with Crippen LogP contribution in [0.2, 0.25) is 0 Å². The average molecular weight is 866 g/mol. The Morgan fingerprint density at radius 2 is 0.868 bits per heavy atom. The quantitative estimate of drug-likeness (QED) is 0.173. The van der Waals surface area contributed by atoms with Crippen LogP contribution in [0.25, 0.3) is 99.2 Å². The highest BCUT2D eigenvalue weighted by Gasteiger charge is 2.51. The minimum atomic E-state index is -0.488. The minimum absolute atomic E-state index is 0.488. The molecule has 0 fully saturated rings. The smallest absolute Gasteiger partial charge is 0.144 e. The number of benzene rings is 11. The third-order valence-corrected chi connectivity index (χ3v) is 14.9. The Hall–Kier alpha value is -8.92. The first-order valence-electron chi connectivity index (χ1n) is 23.4. The van der Waals surface area contributed by atoms with E-state index in [1.165, 1.54) is 55.6 Å². The molecule has 13 aromatic rings. The topological polar surface area (TPSA) is 29.5 Å². The molecule has 3 heteroatoms. The minimum Gasteiger partial charge on any atom is -0.455 e. The second-order valence-electron chi connectivity index (χ2n) is 18.2. The Morgan fingerprint density at radius 3 is 1.62 bits per heavy atom. The molecule has 68 heavy (non-hydrogen) atoms. The molecule has 0 saturated carbocycles. The van der Waals surface area contributed by atoms with E-state index in [-0.39, 0.29) is 0 Å². The number of para-hydroxylation sites is 2. The molecular weight excluding hydrogens is 827 g/mol. The summed E-state index contributed by atoms with van der Waals surface area (Å²) < 4.78 is 13.9. The van der Waals surface area contributed by atoms with E-state index in [0.717, 1.165) is 82.8 Å². The van der Waals surface area contributed by atoms with Crippen LogP contribution in [0, 0.1) is 0 Å². The highest BCUT2D eigenvalue weighted by atomic mass is 16.3. The third kappa shape index (κ3) is 5.02. The van der Waals surface area contributed by atoms with Gasteiger partial charge in [0.15, 0.2) is 0 Å². The molecule has 0 unspecified atom stereocenters. The van der Waals surface area contributed by atoms with Crippen molar-refractivity contribution in [1.82, 2.24) is 0 Å². The van der Waals surface area contributed by atoms with Gasteiger partial charge in [-0.15, -0.1) is 0 Å². The summed E-state index contributed by atoms with van der Waals surface area (Å²) in [6, 6.07) is 86.2. The van der Waals surface area contributed by atoms with Gasteiger partial charge in [-0.05, 0) is 115 Å². The number of anilines is 3. The van der Waals surface area contributed by atoms with Crippen LogP contribution in [0.3, 0.4) is 0 Å². The van der Waals surface area contributed by atoms with Gasteiger partial charge in [0.05, 0.1) is 16.5 Å². The van der Waals surface area contributed by atoms with Gasteiger partial charge in [-0.2, -0.15) is 0 Å². The predicted octanol–water partition coefficient (Wildman–Crippen LogP) is 17.8. The molecule has 2 heterocycles. The van der Waals surface area contributed by atoms with Crippen LogP contribution in [0.4, 0.5) is 17.1 Å². The Labute approximate surface area is 392 Å². The average Bonchev–Trinajstić information content (AvgIpc) is 4.14. The normalized spacial score (nSPS) is 13.1. The van der Waals surface area contributed by atoms with Crippen molar-refractivity contribution < 1.29 is 8.83 Å². The lowest BCUT2D eigenvalue weighted by molar-refractivity contribution is 0.665. The second-order valence-corrected chi connectivity index (χ2v) is 18.2. The third-order valence-electron chi connectivity index (χ3n) is 14.9. The molecule has 316 valence electrons. The summed E-state index contributed by atoms with van der Waals surface area (Å²) >= 11 is 0. The lowest BCUT2D eigenvalue weighted by Crippen LogP contribution is -2.26. The van der Waals surface area contributed by atoms with Crippen molar-refractivity contribution in [3.05, 3.63) is 259 Å². The number of nitrogens with zero attached hydrogens (tertiary/aromatic N) is 1. The summed E-state index contributed by atoms with van der Waals surface area (Å²) in [4.78, 5) is 2.45. The fraction of sp³-hybridized carbons (Fsp3) is 0.0154. The van der Waals surface area contributed by atoms with Crippen molar-refractivity contribution in [1.29, 1.82) is 0 Å². The van der Waals surface area contributed by atoms with E-state index < -0.39 is 5.41 Å². The van der Waals surface area contributed by atoms with Crippen LogP contribution in [-0.4, -0.2) is 0 Å². The highest BCUT2D eigenvalue weighted by Crippen LogP contribution is 2.63. The standard InChI is InChI=1S/C65H39NO2/c1-2-16-40(17-3-1)41-32-34-43(35-33-41)66(44-36-37-49-48-22-8-12-28-56(48)65(57(49)39-44)54-26-10-6-20-46(54)47-21-7-11-27-55(47)65)58-29-15-31-60-62(58)53-38-42-18-4-5-19-45(42)61(64(53)68-60)52-25-14-24-51-50-23-9-13-30-59(50)67-63(51)52/h1-39H. The van der Waals surface area contributed by atoms with Crippen LogP contribution in [0.1, 0.15) is 22.3 Å². The van der Waals surface area contributed by atoms with E-state index in [1.54, 1.807) is 0 Å². The summed E-state index contributed by atoms with van der Waals surface area (Å²) in [5, 5.41) is 6.54. The zero-order chi connectivity index (χ0) is 44.5. The second kappa shape index (κ2) is 14.0. The van der Waals surface area contributed by atoms with Gasteiger partial charge in [-0.3, -0.25) is 0 Å². The Bertz CT molecular complexity index is 4150. The van der Waals surface area contributed by atoms with Crippen molar-refractivity contribution in [3.8, 4) is 44.5 Å². The van der Waals surface area contributed by atoms with Crippen LogP contribution >= 0.6 is 0 Å². The molecule has 2 aliphatic rings. The largest absolute Gasteiger partial charge is 0.455 e. The molecule has 0 amide bonds. The molecule has 0 N–H and O–H groups in total. The van der Waals surface area contributed by atoms with E-state index in [4.69, 9.17) is 8.83 Å². The first-order chi connectivity index (χ1) is 33.7. The van der Waals surface area contributed by atoms with Gasteiger partial charge >= 0.3 is 0 Å². The zero-order valence-corrected chi connectivity index (χ0v) is 36.8. The van der Waals surface area contributed by atoms with Gasteiger partial charge < -0.3 is 13.7 Å². The lowest BCUT2D eigenvalue weighted by Gasteiger charge is -2.32. The summed E-state index contributed by atoms with van der Waals surface area (Å²) in [5.41, 5.74) is 20.8. The molecule has 2 aromatic heterocycles. The molecule has 0 bridgehead atoms. The van der Waals surface area contributed by atoms with Crippen LogP contribution in [0.15, 0.2) is 245 Å². The van der Waals surface area contributed by atoms with E-state index in [0.29, 0.717) is 0 Å². The van der Waals surface area contributed by atoms with Crippen LogP contribution < -0.4 is 4.90 Å². The van der Waals surface area contributed by atoms with Gasteiger partial charge in [-0.25, -0.2) is 0 Å². The van der Waals surface area contributed by atoms with Gasteiger partial charge in [0.1, 0.15) is 22.3 Å². The summed E-state index contributed by atoms with van der Waals surface area (Å²) in [5.74, 6) is 0. The number of fused-ring (bicyclic) bond motifs is 17. The Balaban J connectivity index is 1.02. The van der Waals surface area contributed by atoms with E-state index in [9.17, 15) is 0 Å². The van der Waals surface area contributed by atoms with Crippen molar-refractivity contribution >= 4 is 71.7 Å². The summed E-state index contributed by atoms with van der Waals surface area (Å²) in [7, 11) is 0. The van der Waals surface area contributed by atoms with Gasteiger partial charge in [-0.1, -0.05) is 188 Å². The fourth-order valence-corrected chi connectivity index (χ4v) is 12.1. The summed E-state index contributed by atoms with van der Waals surface area (Å²) in [6.45, 7) is 0. The van der Waals surface area contributed by atoms with Crippen molar-refractivity contribution in [2.45, 2.75) is 5.41 Å². The van der Waals surface area contributed by atoms with Gasteiger partial charge in [0, 0.05) is 38.7 Å². The Morgan fingerprint density at radius 1 is 0.324 bits per heavy atom. The predicted molar refractivity (Wildman–Crippen MR) is 280 cm³/mol.